The van der Waals surface area contributed by atoms with Crippen molar-refractivity contribution in [1.82, 2.24) is 13.9 Å². The van der Waals surface area contributed by atoms with Gasteiger partial charge in [0.25, 0.3) is 10.0 Å². The van der Waals surface area contributed by atoms with Crippen molar-refractivity contribution in [2.24, 2.45) is 0 Å². The molecule has 0 aliphatic carbocycles. The first-order valence-electron chi connectivity index (χ1n) is 8.78. The lowest BCUT2D eigenvalue weighted by atomic mass is 10.1. The Balaban J connectivity index is 1.87. The van der Waals surface area contributed by atoms with Crippen LogP contribution >= 0.6 is 11.6 Å². The van der Waals surface area contributed by atoms with Crippen LogP contribution in [0.1, 0.15) is 5.56 Å². The van der Waals surface area contributed by atoms with Crippen molar-refractivity contribution < 1.29 is 26.3 Å². The number of fused-ring (bicyclic) bond motifs is 1. The number of aromatic nitrogens is 3. The van der Waals surface area contributed by atoms with Crippen LogP contribution in [0.2, 0.25) is 5.28 Å². The molecule has 0 fully saturated rings. The molecular weight excluding hydrogens is 455 g/mol. The number of alkyl halides is 3. The summed E-state index contributed by atoms with van der Waals surface area (Å²) in [7, 11) is -3.99. The fourth-order valence-electron chi connectivity index (χ4n) is 3.03. The van der Waals surface area contributed by atoms with Gasteiger partial charge in [-0.2, -0.15) is 0 Å². The Labute approximate surface area is 179 Å². The van der Waals surface area contributed by atoms with E-state index in [-0.39, 0.29) is 26.9 Å². The summed E-state index contributed by atoms with van der Waals surface area (Å²) in [5.41, 5.74) is 1.79. The van der Waals surface area contributed by atoms with Crippen LogP contribution in [0.3, 0.4) is 0 Å². The maximum absolute atomic E-state index is 13.2. The second-order valence-electron chi connectivity index (χ2n) is 6.58. The molecule has 0 unspecified atom stereocenters. The van der Waals surface area contributed by atoms with Crippen molar-refractivity contribution in [3.8, 4) is 17.0 Å². The lowest BCUT2D eigenvalue weighted by Gasteiger charge is -2.12. The molecule has 0 bridgehead atoms. The van der Waals surface area contributed by atoms with E-state index in [4.69, 9.17) is 11.6 Å². The smallest absolute Gasteiger partial charge is 0.406 e. The summed E-state index contributed by atoms with van der Waals surface area (Å²) in [5.74, 6) is -0.421. The number of hydrogen-bond acceptors (Lipinski definition) is 5. The van der Waals surface area contributed by atoms with Crippen LogP contribution in [0.25, 0.3) is 22.3 Å². The van der Waals surface area contributed by atoms with Gasteiger partial charge < -0.3 is 4.74 Å². The van der Waals surface area contributed by atoms with Gasteiger partial charge >= 0.3 is 6.36 Å². The number of nitrogens with zero attached hydrogens (tertiary/aromatic N) is 3. The Morgan fingerprint density at radius 1 is 0.968 bits per heavy atom. The summed E-state index contributed by atoms with van der Waals surface area (Å²) in [6, 6.07) is 12.6. The van der Waals surface area contributed by atoms with Gasteiger partial charge in [0.05, 0.1) is 10.4 Å². The third kappa shape index (κ3) is 4.21. The predicted octanol–water partition coefficient (Wildman–Crippen LogP) is 5.20. The Bertz CT molecular complexity index is 1370. The van der Waals surface area contributed by atoms with Crippen LogP contribution in [0.4, 0.5) is 13.2 Å². The molecule has 2 aromatic carbocycles. The molecule has 0 aliphatic heterocycles. The highest BCUT2D eigenvalue weighted by molar-refractivity contribution is 7.90. The lowest BCUT2D eigenvalue weighted by molar-refractivity contribution is -0.274. The standard InChI is InChI=1S/C20H13ClF3N3O3S/c1-12-2-8-15(9-3-12)31(28,29)27-11-10-16-18(27)17(26-19(21)25-16)13-4-6-14(7-5-13)30-20(22,23)24/h2-11H,1H3. The molecule has 0 spiro atoms. The van der Waals surface area contributed by atoms with Gasteiger partial charge in [0.1, 0.15) is 17.0 Å². The minimum atomic E-state index is -4.83. The molecule has 2 heterocycles. The van der Waals surface area contributed by atoms with Gasteiger partial charge in [-0.15, -0.1) is 13.2 Å². The van der Waals surface area contributed by atoms with E-state index < -0.39 is 22.1 Å². The first kappa shape index (κ1) is 21.1. The van der Waals surface area contributed by atoms with E-state index >= 15 is 0 Å². The largest absolute Gasteiger partial charge is 0.573 e. The summed E-state index contributed by atoms with van der Waals surface area (Å²) in [5, 5.41) is -0.136. The topological polar surface area (TPSA) is 74.1 Å². The first-order valence-corrected chi connectivity index (χ1v) is 10.6. The van der Waals surface area contributed by atoms with Gasteiger partial charge in [-0.25, -0.2) is 22.4 Å². The number of benzene rings is 2. The van der Waals surface area contributed by atoms with Gasteiger partial charge in [-0.1, -0.05) is 17.7 Å². The second kappa shape index (κ2) is 7.54. The zero-order valence-electron chi connectivity index (χ0n) is 15.8. The molecule has 0 radical (unpaired) electrons. The molecule has 0 aliphatic rings. The molecule has 0 amide bonds. The Kier molecular flexibility index (Phi) is 5.14. The van der Waals surface area contributed by atoms with Crippen LogP contribution in [0, 0.1) is 6.92 Å². The van der Waals surface area contributed by atoms with Crippen LogP contribution in [0.5, 0.6) is 5.75 Å². The van der Waals surface area contributed by atoms with E-state index in [0.717, 1.165) is 21.7 Å². The van der Waals surface area contributed by atoms with Gasteiger partial charge in [-0.05, 0) is 61.0 Å². The Morgan fingerprint density at radius 3 is 2.23 bits per heavy atom. The minimum Gasteiger partial charge on any atom is -0.406 e. The molecular formula is C20H13ClF3N3O3S. The first-order chi connectivity index (χ1) is 14.5. The van der Waals surface area contributed by atoms with Crippen molar-refractivity contribution in [2.45, 2.75) is 18.2 Å². The van der Waals surface area contributed by atoms with E-state index in [1.807, 2.05) is 6.92 Å². The summed E-state index contributed by atoms with van der Waals surface area (Å²) >= 11 is 6.00. The van der Waals surface area contributed by atoms with Gasteiger partial charge in [0, 0.05) is 11.8 Å². The molecule has 4 aromatic rings. The summed E-state index contributed by atoms with van der Waals surface area (Å²) in [6.07, 6.45) is -3.50. The average Bonchev–Trinajstić information content (AvgIpc) is 3.11. The van der Waals surface area contributed by atoms with Crippen molar-refractivity contribution in [2.75, 3.05) is 0 Å². The quantitative estimate of drug-likeness (QED) is 0.386. The fraction of sp³-hybridized carbons (Fsp3) is 0.100. The highest BCUT2D eigenvalue weighted by atomic mass is 35.5. The van der Waals surface area contributed by atoms with Gasteiger partial charge in [0.15, 0.2) is 0 Å². The van der Waals surface area contributed by atoms with Gasteiger partial charge in [0.2, 0.25) is 5.28 Å². The van der Waals surface area contributed by atoms with Crippen LogP contribution in [-0.4, -0.2) is 28.7 Å². The summed E-state index contributed by atoms with van der Waals surface area (Å²) < 4.78 is 68.6. The minimum absolute atomic E-state index is 0.0606. The number of hydrogen-bond donors (Lipinski definition) is 0. The molecule has 11 heteroatoms. The molecule has 0 atom stereocenters. The third-order valence-electron chi connectivity index (χ3n) is 4.41. The zero-order valence-corrected chi connectivity index (χ0v) is 17.3. The number of halogens is 4. The maximum atomic E-state index is 13.2. The summed E-state index contributed by atoms with van der Waals surface area (Å²) in [4.78, 5) is 8.26. The lowest BCUT2D eigenvalue weighted by Crippen LogP contribution is -2.17. The van der Waals surface area contributed by atoms with Crippen LogP contribution in [-0.2, 0) is 10.0 Å². The van der Waals surface area contributed by atoms with Crippen molar-refractivity contribution in [3.05, 3.63) is 71.6 Å². The van der Waals surface area contributed by atoms with Crippen LogP contribution < -0.4 is 4.74 Å². The molecule has 6 nitrogen and oxygen atoms in total. The highest BCUT2D eigenvalue weighted by Crippen LogP contribution is 2.32. The van der Waals surface area contributed by atoms with E-state index in [0.29, 0.717) is 5.56 Å². The maximum Gasteiger partial charge on any atom is 0.573 e. The molecule has 160 valence electrons. The second-order valence-corrected chi connectivity index (χ2v) is 8.73. The average molecular weight is 468 g/mol. The number of ether oxygens (including phenoxy) is 1. The molecule has 2 aromatic heterocycles. The third-order valence-corrected chi connectivity index (χ3v) is 6.27. The predicted molar refractivity (Wildman–Crippen MR) is 108 cm³/mol. The normalized spacial score (nSPS) is 12.3. The fourth-order valence-corrected chi connectivity index (χ4v) is 4.55. The molecule has 0 saturated carbocycles. The Morgan fingerprint density at radius 2 is 1.61 bits per heavy atom. The van der Waals surface area contributed by atoms with E-state index in [9.17, 15) is 21.6 Å². The van der Waals surface area contributed by atoms with Crippen molar-refractivity contribution in [1.29, 1.82) is 0 Å². The molecule has 4 rings (SSSR count). The molecule has 0 saturated heterocycles. The number of rotatable bonds is 4. The van der Waals surface area contributed by atoms with E-state index in [1.165, 1.54) is 36.5 Å². The monoisotopic (exact) mass is 467 g/mol. The SMILES string of the molecule is Cc1ccc(S(=O)(=O)n2ccc3nc(Cl)nc(-c4ccc(OC(F)(F)F)cc4)c32)cc1. The molecule has 0 N–H and O–H groups in total. The molecule has 31 heavy (non-hydrogen) atoms. The highest BCUT2D eigenvalue weighted by Gasteiger charge is 2.31. The van der Waals surface area contributed by atoms with Gasteiger partial charge in [-0.3, -0.25) is 0 Å². The van der Waals surface area contributed by atoms with Crippen LogP contribution in [0.15, 0.2) is 65.7 Å². The van der Waals surface area contributed by atoms with E-state index in [2.05, 4.69) is 14.7 Å². The zero-order chi connectivity index (χ0) is 22.4. The van der Waals surface area contributed by atoms with E-state index in [1.54, 1.807) is 12.1 Å². The summed E-state index contributed by atoms with van der Waals surface area (Å²) in [6.45, 7) is 1.83. The van der Waals surface area contributed by atoms with Crippen molar-refractivity contribution >= 4 is 32.7 Å². The van der Waals surface area contributed by atoms with Crippen molar-refractivity contribution in [3.63, 3.8) is 0 Å². The number of aryl methyl sites for hydroxylation is 1. The Hall–Kier alpha value is -3.11.